The van der Waals surface area contributed by atoms with Gasteiger partial charge in [0.25, 0.3) is 0 Å². The fourth-order valence-corrected chi connectivity index (χ4v) is 5.08. The zero-order valence-electron chi connectivity index (χ0n) is 10.8. The van der Waals surface area contributed by atoms with Crippen LogP contribution in [-0.4, -0.2) is 26.5 Å². The molecule has 0 aliphatic carbocycles. The third kappa shape index (κ3) is 2.21. The van der Waals surface area contributed by atoms with Crippen molar-refractivity contribution in [2.24, 2.45) is 0 Å². The number of nitro benzene ring substituents is 1. The van der Waals surface area contributed by atoms with Gasteiger partial charge in [0.2, 0.25) is 0 Å². The van der Waals surface area contributed by atoms with Crippen LogP contribution in [0.2, 0.25) is 5.02 Å². The molecule has 0 saturated carbocycles. The van der Waals surface area contributed by atoms with E-state index in [4.69, 9.17) is 16.3 Å². The molecule has 0 aliphatic heterocycles. The van der Waals surface area contributed by atoms with Crippen molar-refractivity contribution >= 4 is 51.1 Å². The second-order valence-electron chi connectivity index (χ2n) is 4.32. The number of benzene rings is 2. The Morgan fingerprint density at radius 3 is 2.71 bits per heavy atom. The van der Waals surface area contributed by atoms with E-state index < -0.39 is 4.92 Å². The molecule has 21 heavy (non-hydrogen) atoms. The molecule has 3 rings (SSSR count). The molecular weight excluding hydrogens is 361 g/mol. The Kier molecular flexibility index (Phi) is 3.45. The average molecular weight is 369 g/mol. The predicted octanol–water partition coefficient (Wildman–Crippen LogP) is 2.98. The quantitative estimate of drug-likeness (QED) is 0.302. The summed E-state index contributed by atoms with van der Waals surface area (Å²) in [5, 5.41) is 12.2. The van der Waals surface area contributed by atoms with Crippen molar-refractivity contribution in [3.63, 3.8) is 0 Å². The van der Waals surface area contributed by atoms with Gasteiger partial charge in [-0.3, -0.25) is 0 Å². The molecular formula is C14H8ClNO4Se. The Hall–Kier alpha value is -1.88. The van der Waals surface area contributed by atoms with E-state index in [1.807, 2.05) is 0 Å². The molecule has 2 aromatic carbocycles. The van der Waals surface area contributed by atoms with E-state index in [0.717, 1.165) is 4.26 Å². The number of non-ortho nitro benzene ring substituents is 1. The van der Waals surface area contributed by atoms with Gasteiger partial charge >= 0.3 is 129 Å². The van der Waals surface area contributed by atoms with Crippen molar-refractivity contribution in [1.82, 2.24) is 0 Å². The van der Waals surface area contributed by atoms with Crippen LogP contribution in [0.5, 0.6) is 5.75 Å². The number of hydrogen-bond donors (Lipinski definition) is 0. The van der Waals surface area contributed by atoms with E-state index >= 15 is 0 Å². The van der Waals surface area contributed by atoms with Crippen molar-refractivity contribution in [1.29, 1.82) is 0 Å². The molecule has 0 radical (unpaired) electrons. The van der Waals surface area contributed by atoms with Crippen LogP contribution in [0.1, 0.15) is 0 Å². The first-order valence-corrected chi connectivity index (χ1v) is 7.99. The predicted molar refractivity (Wildman–Crippen MR) is 82.9 cm³/mol. The summed E-state index contributed by atoms with van der Waals surface area (Å²) in [7, 11) is 1.53. The van der Waals surface area contributed by atoms with Gasteiger partial charge in [-0.2, -0.15) is 0 Å². The normalized spacial score (nSPS) is 11.0. The zero-order chi connectivity index (χ0) is 15.1. The molecule has 0 unspecified atom stereocenters. The van der Waals surface area contributed by atoms with Gasteiger partial charge in [-0.05, 0) is 0 Å². The summed E-state index contributed by atoms with van der Waals surface area (Å²) in [5.74, 6) is 0.622. The maximum absolute atomic E-state index is 12.6. The molecule has 1 heterocycles. The molecule has 0 bridgehead atoms. The van der Waals surface area contributed by atoms with Crippen LogP contribution < -0.4 is 10.2 Å². The van der Waals surface area contributed by atoms with Gasteiger partial charge < -0.3 is 0 Å². The van der Waals surface area contributed by atoms with Gasteiger partial charge in [0.05, 0.1) is 0 Å². The molecule has 0 N–H and O–H groups in total. The fourth-order valence-electron chi connectivity index (χ4n) is 2.15. The van der Waals surface area contributed by atoms with Gasteiger partial charge in [0.15, 0.2) is 0 Å². The van der Waals surface area contributed by atoms with E-state index in [1.54, 1.807) is 18.2 Å². The Morgan fingerprint density at radius 1 is 1.29 bits per heavy atom. The van der Waals surface area contributed by atoms with E-state index in [0.29, 0.717) is 15.4 Å². The second kappa shape index (κ2) is 5.15. The van der Waals surface area contributed by atoms with Gasteiger partial charge in [0.1, 0.15) is 0 Å². The number of ether oxygens (including phenoxy) is 1. The van der Waals surface area contributed by atoms with E-state index in [2.05, 4.69) is 0 Å². The molecule has 106 valence electrons. The third-order valence-corrected chi connectivity index (χ3v) is 5.94. The number of fused-ring (bicyclic) bond motifs is 2. The molecule has 0 aliphatic rings. The first-order valence-electron chi connectivity index (χ1n) is 5.90. The molecule has 0 fully saturated rings. The topological polar surface area (TPSA) is 69.4 Å². The Balaban J connectivity index is 2.56. The van der Waals surface area contributed by atoms with Crippen molar-refractivity contribution in [3.05, 3.63) is 55.7 Å². The zero-order valence-corrected chi connectivity index (χ0v) is 13.2. The Morgan fingerprint density at radius 2 is 2.05 bits per heavy atom. The van der Waals surface area contributed by atoms with E-state index in [9.17, 15) is 14.9 Å². The number of rotatable bonds is 2. The molecule has 3 aromatic rings. The molecule has 7 heteroatoms. The maximum atomic E-state index is 12.6. The van der Waals surface area contributed by atoms with Crippen LogP contribution in [0.4, 0.5) is 5.69 Å². The molecule has 0 saturated heterocycles. The molecule has 0 spiro atoms. The first-order chi connectivity index (χ1) is 10.0. The van der Waals surface area contributed by atoms with Crippen LogP contribution in [0.3, 0.4) is 0 Å². The minimum atomic E-state index is -0.477. The average Bonchev–Trinajstić information content (AvgIpc) is 2.46. The Labute approximate surface area is 129 Å². The van der Waals surface area contributed by atoms with Gasteiger partial charge in [-0.25, -0.2) is 0 Å². The summed E-state index contributed by atoms with van der Waals surface area (Å²) >= 11 is 5.71. The number of nitrogens with zero attached hydrogens (tertiary/aromatic N) is 1. The Bertz CT molecular complexity index is 951. The second-order valence-corrected chi connectivity index (χ2v) is 6.94. The molecule has 0 amide bonds. The van der Waals surface area contributed by atoms with E-state index in [-0.39, 0.29) is 36.0 Å². The van der Waals surface area contributed by atoms with Crippen molar-refractivity contribution in [3.8, 4) is 5.75 Å². The third-order valence-electron chi connectivity index (χ3n) is 3.16. The number of hydrogen-bond acceptors (Lipinski definition) is 4. The van der Waals surface area contributed by atoms with Gasteiger partial charge in [-0.15, -0.1) is 0 Å². The van der Waals surface area contributed by atoms with Crippen LogP contribution in [0.25, 0.3) is 19.3 Å². The SMILES string of the molecule is COc1ccc2c(=O)c3c(Cl)ccc([N+](=O)[O-])c3[se]c2c1. The molecule has 5 nitrogen and oxygen atoms in total. The number of halogens is 1. The van der Waals surface area contributed by atoms with Crippen LogP contribution in [0.15, 0.2) is 35.1 Å². The number of nitro groups is 1. The van der Waals surface area contributed by atoms with Crippen molar-refractivity contribution in [2.45, 2.75) is 0 Å². The van der Waals surface area contributed by atoms with Crippen LogP contribution in [0, 0.1) is 10.1 Å². The van der Waals surface area contributed by atoms with Crippen LogP contribution >= 0.6 is 11.6 Å². The van der Waals surface area contributed by atoms with Crippen molar-refractivity contribution in [2.75, 3.05) is 7.11 Å². The summed E-state index contributed by atoms with van der Waals surface area (Å²) in [6.45, 7) is 0. The summed E-state index contributed by atoms with van der Waals surface area (Å²) < 4.78 is 6.33. The van der Waals surface area contributed by atoms with Crippen molar-refractivity contribution < 1.29 is 9.66 Å². The fraction of sp³-hybridized carbons (Fsp3) is 0.0714. The molecule has 1 aromatic heterocycles. The monoisotopic (exact) mass is 369 g/mol. The first kappa shape index (κ1) is 14.1. The van der Waals surface area contributed by atoms with E-state index in [1.165, 1.54) is 19.2 Å². The summed E-state index contributed by atoms with van der Waals surface area (Å²) in [5.41, 5.74) is -0.333. The van der Waals surface area contributed by atoms with Gasteiger partial charge in [-0.1, -0.05) is 0 Å². The molecule has 0 atom stereocenters. The van der Waals surface area contributed by atoms with Crippen LogP contribution in [-0.2, 0) is 0 Å². The standard InChI is InChI=1S/C14H8ClNO4Se/c1-20-7-2-3-8-11(6-7)21-14-10(16(18)19)5-4-9(15)12(14)13(8)17/h2-6H,1H3. The minimum absolute atomic E-state index is 0.0591. The summed E-state index contributed by atoms with van der Waals surface area (Å²) in [6.07, 6.45) is 0. The van der Waals surface area contributed by atoms with Gasteiger partial charge in [0, 0.05) is 0 Å². The summed E-state index contributed by atoms with van der Waals surface area (Å²) in [4.78, 5) is 23.3. The summed E-state index contributed by atoms with van der Waals surface area (Å²) in [6, 6.07) is 7.88. The number of methoxy groups -OCH3 is 1.